The fourth-order valence-corrected chi connectivity index (χ4v) is 1.06. The van der Waals surface area contributed by atoms with Crippen LogP contribution in [0.25, 0.3) is 0 Å². The summed E-state index contributed by atoms with van der Waals surface area (Å²) in [6, 6.07) is 3.62. The molecule has 1 saturated heterocycles. The molecule has 2 heterocycles. The van der Waals surface area contributed by atoms with Crippen molar-refractivity contribution in [3.63, 3.8) is 0 Å². The molecule has 0 aliphatic carbocycles. The molecule has 0 unspecified atom stereocenters. The van der Waals surface area contributed by atoms with E-state index in [4.69, 9.17) is 4.42 Å². The highest BCUT2D eigenvalue weighted by molar-refractivity contribution is 5.91. The second-order valence-corrected chi connectivity index (χ2v) is 2.81. The van der Waals surface area contributed by atoms with E-state index in [1.807, 2.05) is 0 Å². The summed E-state index contributed by atoms with van der Waals surface area (Å²) in [5.74, 6) is 0.244. The first kappa shape index (κ1) is 7.36. The minimum absolute atomic E-state index is 0.133. The van der Waals surface area contributed by atoms with Gasteiger partial charge in [0.2, 0.25) is 0 Å². The van der Waals surface area contributed by atoms with Gasteiger partial charge in [-0.1, -0.05) is 0 Å². The van der Waals surface area contributed by atoms with E-state index < -0.39 is 0 Å². The molecule has 1 fully saturated rings. The molecule has 0 spiro atoms. The Morgan fingerprint density at radius 3 is 3.00 bits per heavy atom. The first-order valence-electron chi connectivity index (χ1n) is 3.91. The van der Waals surface area contributed by atoms with Gasteiger partial charge in [0.15, 0.2) is 5.76 Å². The quantitative estimate of drug-likeness (QED) is 0.649. The van der Waals surface area contributed by atoms with E-state index in [9.17, 15) is 4.79 Å². The molecule has 0 aromatic carbocycles. The Bertz CT molecular complexity index is 265. The third-order valence-electron chi connectivity index (χ3n) is 1.86. The van der Waals surface area contributed by atoms with Crippen molar-refractivity contribution in [2.45, 2.75) is 6.04 Å². The van der Waals surface area contributed by atoms with E-state index in [0.29, 0.717) is 5.76 Å². The van der Waals surface area contributed by atoms with Gasteiger partial charge in [-0.05, 0) is 12.1 Å². The Balaban J connectivity index is 1.92. The first-order chi connectivity index (χ1) is 5.86. The van der Waals surface area contributed by atoms with Crippen LogP contribution in [0.2, 0.25) is 0 Å². The van der Waals surface area contributed by atoms with Crippen LogP contribution in [0.15, 0.2) is 22.8 Å². The smallest absolute Gasteiger partial charge is 0.287 e. The normalized spacial score (nSPS) is 17.0. The molecule has 1 aliphatic rings. The van der Waals surface area contributed by atoms with E-state index >= 15 is 0 Å². The fraction of sp³-hybridized carbons (Fsp3) is 0.375. The Hall–Kier alpha value is -1.29. The Kier molecular flexibility index (Phi) is 1.83. The van der Waals surface area contributed by atoms with Gasteiger partial charge in [0.05, 0.1) is 12.3 Å². The Morgan fingerprint density at radius 1 is 1.67 bits per heavy atom. The SMILES string of the molecule is O=C(NC1CNC1)c1ccco1. The standard InChI is InChI=1S/C8H10N2O2/c11-8(7-2-1-3-12-7)10-6-4-9-5-6/h1-3,6,9H,4-5H2,(H,10,11). The maximum atomic E-state index is 11.3. The van der Waals surface area contributed by atoms with Crippen LogP contribution in [-0.2, 0) is 0 Å². The average molecular weight is 166 g/mol. The van der Waals surface area contributed by atoms with Gasteiger partial charge < -0.3 is 15.1 Å². The van der Waals surface area contributed by atoms with Crippen LogP contribution in [0.4, 0.5) is 0 Å². The van der Waals surface area contributed by atoms with Gasteiger partial charge >= 0.3 is 0 Å². The van der Waals surface area contributed by atoms with Gasteiger partial charge in [-0.3, -0.25) is 4.79 Å². The summed E-state index contributed by atoms with van der Waals surface area (Å²) in [5, 5.41) is 5.89. The van der Waals surface area contributed by atoms with Crippen LogP contribution in [0.3, 0.4) is 0 Å². The summed E-state index contributed by atoms with van der Waals surface area (Å²) >= 11 is 0. The second kappa shape index (κ2) is 2.98. The lowest BCUT2D eigenvalue weighted by atomic mass is 10.2. The van der Waals surface area contributed by atoms with Gasteiger partial charge in [-0.15, -0.1) is 0 Å². The highest BCUT2D eigenvalue weighted by atomic mass is 16.3. The van der Waals surface area contributed by atoms with Crippen molar-refractivity contribution in [3.05, 3.63) is 24.2 Å². The largest absolute Gasteiger partial charge is 0.459 e. The number of nitrogens with one attached hydrogen (secondary N) is 2. The monoisotopic (exact) mass is 166 g/mol. The molecule has 2 N–H and O–H groups in total. The predicted octanol–water partition coefficient (Wildman–Crippen LogP) is -0.0188. The van der Waals surface area contributed by atoms with Gasteiger partial charge in [0, 0.05) is 13.1 Å². The summed E-state index contributed by atoms with van der Waals surface area (Å²) < 4.78 is 4.93. The number of carbonyl (C=O) groups is 1. The second-order valence-electron chi connectivity index (χ2n) is 2.81. The number of amides is 1. The number of rotatable bonds is 2. The minimum atomic E-state index is -0.133. The molecule has 1 aliphatic heterocycles. The molecule has 4 nitrogen and oxygen atoms in total. The molecule has 12 heavy (non-hydrogen) atoms. The van der Waals surface area contributed by atoms with E-state index in [1.54, 1.807) is 12.1 Å². The zero-order valence-electron chi connectivity index (χ0n) is 6.54. The van der Waals surface area contributed by atoms with Crippen molar-refractivity contribution < 1.29 is 9.21 Å². The summed E-state index contributed by atoms with van der Waals surface area (Å²) in [5.41, 5.74) is 0. The van der Waals surface area contributed by atoms with Crippen LogP contribution < -0.4 is 10.6 Å². The number of hydrogen-bond donors (Lipinski definition) is 2. The van der Waals surface area contributed by atoms with Crippen molar-refractivity contribution in [2.75, 3.05) is 13.1 Å². The third-order valence-corrected chi connectivity index (χ3v) is 1.86. The van der Waals surface area contributed by atoms with Crippen molar-refractivity contribution >= 4 is 5.91 Å². The van der Waals surface area contributed by atoms with E-state index in [2.05, 4.69) is 10.6 Å². The highest BCUT2D eigenvalue weighted by Gasteiger charge is 2.20. The van der Waals surface area contributed by atoms with Gasteiger partial charge in [-0.25, -0.2) is 0 Å². The number of carbonyl (C=O) groups excluding carboxylic acids is 1. The number of furan rings is 1. The fourth-order valence-electron chi connectivity index (χ4n) is 1.06. The summed E-state index contributed by atoms with van der Waals surface area (Å²) in [7, 11) is 0. The molecule has 0 radical (unpaired) electrons. The Labute approximate surface area is 69.9 Å². The third kappa shape index (κ3) is 1.33. The van der Waals surface area contributed by atoms with Crippen LogP contribution in [0.5, 0.6) is 0 Å². The van der Waals surface area contributed by atoms with Crippen LogP contribution in [0, 0.1) is 0 Å². The van der Waals surface area contributed by atoms with Gasteiger partial charge in [0.1, 0.15) is 0 Å². The van der Waals surface area contributed by atoms with Crippen molar-refractivity contribution in [1.82, 2.24) is 10.6 Å². The molecule has 0 saturated carbocycles. The van der Waals surface area contributed by atoms with Gasteiger partial charge in [-0.2, -0.15) is 0 Å². The molecule has 64 valence electrons. The topological polar surface area (TPSA) is 54.3 Å². The highest BCUT2D eigenvalue weighted by Crippen LogP contribution is 2.01. The lowest BCUT2D eigenvalue weighted by Gasteiger charge is -2.27. The van der Waals surface area contributed by atoms with E-state index in [0.717, 1.165) is 13.1 Å². The molecule has 0 atom stereocenters. The predicted molar refractivity (Wildman–Crippen MR) is 42.8 cm³/mol. The molecule has 2 rings (SSSR count). The maximum Gasteiger partial charge on any atom is 0.287 e. The molecule has 0 bridgehead atoms. The van der Waals surface area contributed by atoms with Crippen LogP contribution in [-0.4, -0.2) is 25.0 Å². The lowest BCUT2D eigenvalue weighted by Crippen LogP contribution is -2.56. The van der Waals surface area contributed by atoms with Gasteiger partial charge in [0.25, 0.3) is 5.91 Å². The zero-order valence-corrected chi connectivity index (χ0v) is 6.54. The summed E-state index contributed by atoms with van der Waals surface area (Å²) in [6.45, 7) is 1.71. The minimum Gasteiger partial charge on any atom is -0.459 e. The Morgan fingerprint density at radius 2 is 2.50 bits per heavy atom. The molecule has 4 heteroatoms. The molecule has 1 amide bonds. The molecule has 1 aromatic rings. The summed E-state index contributed by atoms with van der Waals surface area (Å²) in [6.07, 6.45) is 1.49. The van der Waals surface area contributed by atoms with Crippen molar-refractivity contribution in [3.8, 4) is 0 Å². The zero-order chi connectivity index (χ0) is 8.39. The molecule has 1 aromatic heterocycles. The van der Waals surface area contributed by atoms with Crippen molar-refractivity contribution in [2.24, 2.45) is 0 Å². The first-order valence-corrected chi connectivity index (χ1v) is 3.91. The molecular weight excluding hydrogens is 156 g/mol. The summed E-state index contributed by atoms with van der Waals surface area (Å²) in [4.78, 5) is 11.3. The molecular formula is C8H10N2O2. The van der Waals surface area contributed by atoms with E-state index in [1.165, 1.54) is 6.26 Å². The number of hydrogen-bond acceptors (Lipinski definition) is 3. The van der Waals surface area contributed by atoms with Crippen LogP contribution >= 0.6 is 0 Å². The maximum absolute atomic E-state index is 11.3. The lowest BCUT2D eigenvalue weighted by molar-refractivity contribution is 0.0895. The average Bonchev–Trinajstić information content (AvgIpc) is 2.47. The van der Waals surface area contributed by atoms with Crippen molar-refractivity contribution in [1.29, 1.82) is 0 Å². The van der Waals surface area contributed by atoms with E-state index in [-0.39, 0.29) is 11.9 Å². The van der Waals surface area contributed by atoms with Crippen LogP contribution in [0.1, 0.15) is 10.6 Å².